The van der Waals surface area contributed by atoms with Crippen LogP contribution in [0.2, 0.25) is 5.02 Å². The zero-order valence-electron chi connectivity index (χ0n) is 13.3. The maximum absolute atomic E-state index is 5.89. The van der Waals surface area contributed by atoms with Crippen molar-refractivity contribution in [3.63, 3.8) is 0 Å². The lowest BCUT2D eigenvalue weighted by Gasteiger charge is -2.03. The number of benzene rings is 2. The van der Waals surface area contributed by atoms with Crippen molar-refractivity contribution in [2.45, 2.75) is 12.8 Å². The summed E-state index contributed by atoms with van der Waals surface area (Å²) in [5, 5.41) is 4.93. The topological polar surface area (TPSA) is 47.0 Å². The van der Waals surface area contributed by atoms with Crippen LogP contribution < -0.4 is 10.1 Å². The second-order valence-corrected chi connectivity index (χ2v) is 6.54. The molecule has 2 aromatic carbocycles. The summed E-state index contributed by atoms with van der Waals surface area (Å²) in [6, 6.07) is 15.9. The Morgan fingerprint density at radius 1 is 1.12 bits per heavy atom. The van der Waals surface area contributed by atoms with E-state index < -0.39 is 0 Å². The zero-order valence-corrected chi connectivity index (χ0v) is 14.9. The molecular weight excluding hydrogens is 342 g/mol. The van der Waals surface area contributed by atoms with Gasteiger partial charge in [0, 0.05) is 29.5 Å². The summed E-state index contributed by atoms with van der Waals surface area (Å²) >= 11 is 7.28. The second-order valence-electron chi connectivity index (χ2n) is 5.35. The highest BCUT2D eigenvalue weighted by Gasteiger charge is 2.06. The molecule has 24 heavy (non-hydrogen) atoms. The first kappa shape index (κ1) is 16.7. The van der Waals surface area contributed by atoms with Gasteiger partial charge in [0.1, 0.15) is 11.6 Å². The van der Waals surface area contributed by atoms with Crippen molar-refractivity contribution in [1.29, 1.82) is 0 Å². The van der Waals surface area contributed by atoms with Crippen LogP contribution in [0.5, 0.6) is 5.75 Å². The molecule has 0 aliphatic rings. The van der Waals surface area contributed by atoms with Crippen LogP contribution in [0.1, 0.15) is 17.0 Å². The molecule has 0 atom stereocenters. The smallest absolute Gasteiger partial charge is 0.202 e. The van der Waals surface area contributed by atoms with E-state index in [1.54, 1.807) is 7.11 Å². The summed E-state index contributed by atoms with van der Waals surface area (Å²) < 4.78 is 9.66. The van der Waals surface area contributed by atoms with Crippen molar-refractivity contribution in [1.82, 2.24) is 9.36 Å². The number of rotatable bonds is 7. The molecule has 0 unspecified atom stereocenters. The Morgan fingerprint density at radius 3 is 2.75 bits per heavy atom. The van der Waals surface area contributed by atoms with Gasteiger partial charge in [0.15, 0.2) is 0 Å². The van der Waals surface area contributed by atoms with E-state index in [1.165, 1.54) is 17.1 Å². The van der Waals surface area contributed by atoms with E-state index in [1.807, 2.05) is 42.5 Å². The normalized spacial score (nSPS) is 10.6. The Hall–Kier alpha value is -2.11. The third-order valence-corrected chi connectivity index (χ3v) is 4.53. The van der Waals surface area contributed by atoms with Gasteiger partial charge in [-0.1, -0.05) is 35.9 Å². The van der Waals surface area contributed by atoms with Crippen molar-refractivity contribution in [2.75, 3.05) is 19.0 Å². The molecule has 1 N–H and O–H groups in total. The minimum absolute atomic E-state index is 0.701. The van der Waals surface area contributed by atoms with Gasteiger partial charge in [-0.2, -0.15) is 4.37 Å². The van der Waals surface area contributed by atoms with E-state index >= 15 is 0 Å². The van der Waals surface area contributed by atoms with Gasteiger partial charge in [0.2, 0.25) is 5.13 Å². The Balaban J connectivity index is 1.52. The summed E-state index contributed by atoms with van der Waals surface area (Å²) in [7, 11) is 1.67. The number of anilines is 1. The van der Waals surface area contributed by atoms with E-state index in [9.17, 15) is 0 Å². The lowest BCUT2D eigenvalue weighted by atomic mass is 10.1. The van der Waals surface area contributed by atoms with Gasteiger partial charge < -0.3 is 10.1 Å². The molecule has 0 saturated carbocycles. The first-order chi connectivity index (χ1) is 11.7. The first-order valence-corrected chi connectivity index (χ1v) is 8.82. The summed E-state index contributed by atoms with van der Waals surface area (Å²) in [4.78, 5) is 4.54. The van der Waals surface area contributed by atoms with Crippen LogP contribution in [0.4, 0.5) is 5.13 Å². The predicted molar refractivity (Wildman–Crippen MR) is 99.4 cm³/mol. The molecule has 0 amide bonds. The molecule has 124 valence electrons. The van der Waals surface area contributed by atoms with Gasteiger partial charge in [0.25, 0.3) is 0 Å². The van der Waals surface area contributed by atoms with Gasteiger partial charge in [-0.05, 0) is 41.8 Å². The highest BCUT2D eigenvalue weighted by Crippen LogP contribution is 2.18. The third kappa shape index (κ3) is 4.69. The largest absolute Gasteiger partial charge is 0.497 e. The average Bonchev–Trinajstić information content (AvgIpc) is 3.04. The van der Waals surface area contributed by atoms with Gasteiger partial charge in [0.05, 0.1) is 7.11 Å². The molecule has 0 spiro atoms. The number of nitrogens with one attached hydrogen (secondary N) is 1. The van der Waals surface area contributed by atoms with Crippen molar-refractivity contribution in [3.8, 4) is 5.75 Å². The summed E-state index contributed by atoms with van der Waals surface area (Å²) in [6.45, 7) is 0.815. The van der Waals surface area contributed by atoms with Crippen LogP contribution in [0.25, 0.3) is 0 Å². The average molecular weight is 360 g/mol. The van der Waals surface area contributed by atoms with Crippen molar-refractivity contribution < 1.29 is 4.74 Å². The molecule has 0 radical (unpaired) electrons. The Bertz CT molecular complexity index is 789. The quantitative estimate of drug-likeness (QED) is 0.677. The molecule has 6 heteroatoms. The molecule has 3 aromatic rings. The van der Waals surface area contributed by atoms with Crippen molar-refractivity contribution in [2.24, 2.45) is 0 Å². The number of halogens is 1. The molecular formula is C18H18ClN3OS. The van der Waals surface area contributed by atoms with Gasteiger partial charge in [-0.25, -0.2) is 4.98 Å². The van der Waals surface area contributed by atoms with Crippen LogP contribution in [0, 0.1) is 0 Å². The maximum atomic E-state index is 5.89. The van der Waals surface area contributed by atoms with E-state index in [0.29, 0.717) is 6.42 Å². The fourth-order valence-corrected chi connectivity index (χ4v) is 3.06. The van der Waals surface area contributed by atoms with Crippen LogP contribution in [0.3, 0.4) is 0 Å². The molecule has 1 aromatic heterocycles. The maximum Gasteiger partial charge on any atom is 0.202 e. The minimum Gasteiger partial charge on any atom is -0.497 e. The summed E-state index contributed by atoms with van der Waals surface area (Å²) in [5.74, 6) is 1.67. The zero-order chi connectivity index (χ0) is 16.8. The Kier molecular flexibility index (Phi) is 5.67. The molecule has 0 aliphatic heterocycles. The van der Waals surface area contributed by atoms with Crippen LogP contribution in [0.15, 0.2) is 48.5 Å². The third-order valence-electron chi connectivity index (χ3n) is 3.57. The number of methoxy groups -OCH3 is 1. The fraction of sp³-hybridized carbons (Fsp3) is 0.222. The van der Waals surface area contributed by atoms with Crippen molar-refractivity contribution >= 4 is 28.3 Å². The number of hydrogen-bond donors (Lipinski definition) is 1. The van der Waals surface area contributed by atoms with Gasteiger partial charge >= 0.3 is 0 Å². The van der Waals surface area contributed by atoms with Crippen LogP contribution >= 0.6 is 23.1 Å². The van der Waals surface area contributed by atoms with Crippen LogP contribution in [-0.4, -0.2) is 23.0 Å². The molecule has 0 aliphatic carbocycles. The molecule has 1 heterocycles. The van der Waals surface area contributed by atoms with E-state index in [2.05, 4.69) is 20.7 Å². The van der Waals surface area contributed by atoms with E-state index in [0.717, 1.165) is 40.3 Å². The Morgan fingerprint density at radius 2 is 1.96 bits per heavy atom. The molecule has 0 saturated heterocycles. The molecule has 3 rings (SSSR count). The highest BCUT2D eigenvalue weighted by molar-refractivity contribution is 7.09. The molecule has 0 bridgehead atoms. The number of aromatic nitrogens is 2. The molecule has 4 nitrogen and oxygen atoms in total. The Labute approximate surface area is 150 Å². The second kappa shape index (κ2) is 8.13. The number of hydrogen-bond acceptors (Lipinski definition) is 5. The van der Waals surface area contributed by atoms with E-state index in [-0.39, 0.29) is 0 Å². The lowest BCUT2D eigenvalue weighted by molar-refractivity contribution is 0.414. The SMILES string of the molecule is COc1cccc(Cc2nsc(NCCc3ccc(Cl)cc3)n2)c1. The van der Waals surface area contributed by atoms with E-state index in [4.69, 9.17) is 16.3 Å². The minimum atomic E-state index is 0.701. The lowest BCUT2D eigenvalue weighted by Crippen LogP contribution is -2.04. The molecule has 0 fully saturated rings. The first-order valence-electron chi connectivity index (χ1n) is 7.67. The van der Waals surface area contributed by atoms with Crippen molar-refractivity contribution in [3.05, 3.63) is 70.5 Å². The number of nitrogens with zero attached hydrogens (tertiary/aromatic N) is 2. The number of ether oxygens (including phenoxy) is 1. The van der Waals surface area contributed by atoms with Crippen LogP contribution in [-0.2, 0) is 12.8 Å². The van der Waals surface area contributed by atoms with Gasteiger partial charge in [-0.15, -0.1) is 0 Å². The summed E-state index contributed by atoms with van der Waals surface area (Å²) in [5.41, 5.74) is 2.38. The fourth-order valence-electron chi connectivity index (χ4n) is 2.33. The monoisotopic (exact) mass is 359 g/mol. The predicted octanol–water partition coefficient (Wildman–Crippen LogP) is 4.45. The van der Waals surface area contributed by atoms with Gasteiger partial charge in [-0.3, -0.25) is 0 Å². The summed E-state index contributed by atoms with van der Waals surface area (Å²) in [6.07, 6.45) is 1.62. The highest BCUT2D eigenvalue weighted by atomic mass is 35.5. The standard InChI is InChI=1S/C18H18ClN3OS/c1-23-16-4-2-3-14(11-16)12-17-21-18(24-22-17)20-10-9-13-5-7-15(19)8-6-13/h2-8,11H,9-10,12H2,1H3,(H,20,21,22).